The van der Waals surface area contributed by atoms with Crippen molar-refractivity contribution >= 4 is 23.3 Å². The molecular formula is C17H20N4O2. The van der Waals surface area contributed by atoms with Gasteiger partial charge in [-0.3, -0.25) is 9.59 Å². The summed E-state index contributed by atoms with van der Waals surface area (Å²) in [4.78, 5) is 26.0. The first kappa shape index (κ1) is 15.3. The fourth-order valence-electron chi connectivity index (χ4n) is 2.75. The average Bonchev–Trinajstić information content (AvgIpc) is 3.17. The molecule has 2 heterocycles. The molecule has 6 heteroatoms. The second kappa shape index (κ2) is 6.64. The second-order valence-corrected chi connectivity index (χ2v) is 5.59. The predicted octanol–water partition coefficient (Wildman–Crippen LogP) is 2.67. The number of hydrogen-bond acceptors (Lipinski definition) is 3. The Balaban J connectivity index is 1.77. The molecule has 1 aromatic carbocycles. The van der Waals surface area contributed by atoms with E-state index in [1.54, 1.807) is 40.0 Å². The van der Waals surface area contributed by atoms with Crippen LogP contribution in [0, 0.1) is 0 Å². The fourth-order valence-corrected chi connectivity index (χ4v) is 2.75. The molecule has 0 radical (unpaired) electrons. The standard InChI is InChI=1S/C17H20N4O2/c1-2-10-21-15(8-9-18-21)19-17(23)13-5-3-6-14(12-13)20-11-4-7-16(20)22/h3,5-6,8-9,12H,2,4,7,10-11H2,1H3,(H,19,23). The molecule has 1 aromatic heterocycles. The summed E-state index contributed by atoms with van der Waals surface area (Å²) in [5.41, 5.74) is 1.31. The predicted molar refractivity (Wildman–Crippen MR) is 88.5 cm³/mol. The Kier molecular flexibility index (Phi) is 4.41. The van der Waals surface area contributed by atoms with E-state index < -0.39 is 0 Å². The van der Waals surface area contributed by atoms with Gasteiger partial charge >= 0.3 is 0 Å². The van der Waals surface area contributed by atoms with E-state index in [1.165, 1.54) is 0 Å². The van der Waals surface area contributed by atoms with Crippen LogP contribution in [-0.2, 0) is 11.3 Å². The average molecular weight is 312 g/mol. The van der Waals surface area contributed by atoms with Crippen LogP contribution in [0.3, 0.4) is 0 Å². The third kappa shape index (κ3) is 3.26. The van der Waals surface area contributed by atoms with Crippen molar-refractivity contribution in [3.63, 3.8) is 0 Å². The van der Waals surface area contributed by atoms with E-state index in [0.717, 1.165) is 25.1 Å². The van der Waals surface area contributed by atoms with E-state index in [1.807, 2.05) is 6.07 Å². The van der Waals surface area contributed by atoms with Gasteiger partial charge in [-0.25, -0.2) is 4.68 Å². The molecule has 120 valence electrons. The minimum Gasteiger partial charge on any atom is -0.312 e. The van der Waals surface area contributed by atoms with Crippen LogP contribution in [-0.4, -0.2) is 28.1 Å². The number of carbonyl (C=O) groups excluding carboxylic acids is 2. The summed E-state index contributed by atoms with van der Waals surface area (Å²) < 4.78 is 1.77. The zero-order valence-electron chi connectivity index (χ0n) is 13.2. The number of hydrogen-bond donors (Lipinski definition) is 1. The molecule has 1 N–H and O–H groups in total. The highest BCUT2D eigenvalue weighted by Crippen LogP contribution is 2.22. The molecule has 0 bridgehead atoms. The van der Waals surface area contributed by atoms with E-state index in [0.29, 0.717) is 24.3 Å². The first-order valence-electron chi connectivity index (χ1n) is 7.92. The summed E-state index contributed by atoms with van der Waals surface area (Å²) in [6.45, 7) is 3.53. The topological polar surface area (TPSA) is 67.2 Å². The van der Waals surface area contributed by atoms with Crippen LogP contribution in [0.25, 0.3) is 0 Å². The van der Waals surface area contributed by atoms with Gasteiger partial charge in [-0.15, -0.1) is 0 Å². The summed E-state index contributed by atoms with van der Waals surface area (Å²) in [7, 11) is 0. The first-order valence-corrected chi connectivity index (χ1v) is 7.92. The maximum absolute atomic E-state index is 12.5. The Morgan fingerprint density at radius 1 is 1.35 bits per heavy atom. The fraction of sp³-hybridized carbons (Fsp3) is 0.353. The molecule has 6 nitrogen and oxygen atoms in total. The zero-order valence-corrected chi connectivity index (χ0v) is 13.2. The van der Waals surface area contributed by atoms with Gasteiger partial charge in [0.05, 0.1) is 6.20 Å². The Morgan fingerprint density at radius 3 is 2.96 bits per heavy atom. The van der Waals surface area contributed by atoms with Crippen molar-refractivity contribution < 1.29 is 9.59 Å². The lowest BCUT2D eigenvalue weighted by atomic mass is 10.1. The number of amides is 2. The van der Waals surface area contributed by atoms with Crippen molar-refractivity contribution in [3.8, 4) is 0 Å². The lowest BCUT2D eigenvalue weighted by molar-refractivity contribution is -0.117. The van der Waals surface area contributed by atoms with Crippen molar-refractivity contribution in [3.05, 3.63) is 42.1 Å². The smallest absolute Gasteiger partial charge is 0.256 e. The molecule has 1 aliphatic heterocycles. The van der Waals surface area contributed by atoms with Gasteiger partial charge in [0, 0.05) is 36.8 Å². The third-order valence-electron chi connectivity index (χ3n) is 3.89. The highest BCUT2D eigenvalue weighted by Gasteiger charge is 2.22. The molecule has 1 aliphatic rings. The normalized spacial score (nSPS) is 14.3. The molecular weight excluding hydrogens is 292 g/mol. The third-order valence-corrected chi connectivity index (χ3v) is 3.89. The highest BCUT2D eigenvalue weighted by molar-refractivity contribution is 6.05. The van der Waals surface area contributed by atoms with Crippen molar-refractivity contribution in [1.82, 2.24) is 9.78 Å². The summed E-state index contributed by atoms with van der Waals surface area (Å²) in [5.74, 6) is 0.597. The summed E-state index contributed by atoms with van der Waals surface area (Å²) in [5, 5.41) is 7.07. The summed E-state index contributed by atoms with van der Waals surface area (Å²) in [6, 6.07) is 8.96. The van der Waals surface area contributed by atoms with Crippen molar-refractivity contribution in [2.24, 2.45) is 0 Å². The van der Waals surface area contributed by atoms with E-state index in [9.17, 15) is 9.59 Å². The van der Waals surface area contributed by atoms with Gasteiger partial charge in [-0.05, 0) is 31.0 Å². The highest BCUT2D eigenvalue weighted by atomic mass is 16.2. The maximum atomic E-state index is 12.5. The Morgan fingerprint density at radius 2 is 2.22 bits per heavy atom. The van der Waals surface area contributed by atoms with Crippen LogP contribution in [0.2, 0.25) is 0 Å². The number of rotatable bonds is 5. The molecule has 2 aromatic rings. The van der Waals surface area contributed by atoms with Gasteiger partial charge in [0.1, 0.15) is 5.82 Å². The summed E-state index contributed by atoms with van der Waals surface area (Å²) in [6.07, 6.45) is 4.06. The molecule has 0 spiro atoms. The number of nitrogens with one attached hydrogen (secondary N) is 1. The Labute approximate surface area is 135 Å². The maximum Gasteiger partial charge on any atom is 0.256 e. The summed E-state index contributed by atoms with van der Waals surface area (Å²) >= 11 is 0. The van der Waals surface area contributed by atoms with Gasteiger partial charge in [-0.2, -0.15) is 5.10 Å². The number of aromatic nitrogens is 2. The van der Waals surface area contributed by atoms with Crippen LogP contribution in [0.5, 0.6) is 0 Å². The van der Waals surface area contributed by atoms with Crippen LogP contribution < -0.4 is 10.2 Å². The monoisotopic (exact) mass is 312 g/mol. The molecule has 1 fully saturated rings. The Bertz CT molecular complexity index is 723. The van der Waals surface area contributed by atoms with Crippen molar-refractivity contribution in [2.45, 2.75) is 32.7 Å². The van der Waals surface area contributed by atoms with E-state index in [2.05, 4.69) is 17.3 Å². The molecule has 2 amide bonds. The van der Waals surface area contributed by atoms with Gasteiger partial charge in [0.2, 0.25) is 5.91 Å². The van der Waals surface area contributed by atoms with Gasteiger partial charge in [0.25, 0.3) is 5.91 Å². The number of anilines is 2. The number of benzene rings is 1. The number of nitrogens with zero attached hydrogens (tertiary/aromatic N) is 3. The van der Waals surface area contributed by atoms with Gasteiger partial charge in [0.15, 0.2) is 0 Å². The molecule has 0 saturated carbocycles. The van der Waals surface area contributed by atoms with E-state index >= 15 is 0 Å². The zero-order chi connectivity index (χ0) is 16.2. The number of aryl methyl sites for hydroxylation is 1. The van der Waals surface area contributed by atoms with Crippen LogP contribution >= 0.6 is 0 Å². The SMILES string of the molecule is CCCn1nccc1NC(=O)c1cccc(N2CCCC2=O)c1. The second-order valence-electron chi connectivity index (χ2n) is 5.59. The van der Waals surface area contributed by atoms with E-state index in [4.69, 9.17) is 0 Å². The Hall–Kier alpha value is -2.63. The molecule has 0 aliphatic carbocycles. The van der Waals surface area contributed by atoms with Crippen LogP contribution in [0.1, 0.15) is 36.5 Å². The first-order chi connectivity index (χ1) is 11.2. The lowest BCUT2D eigenvalue weighted by Crippen LogP contribution is -2.24. The molecule has 23 heavy (non-hydrogen) atoms. The van der Waals surface area contributed by atoms with Crippen molar-refractivity contribution in [2.75, 3.05) is 16.8 Å². The quantitative estimate of drug-likeness (QED) is 0.923. The van der Waals surface area contributed by atoms with Crippen LogP contribution in [0.15, 0.2) is 36.5 Å². The molecule has 3 rings (SSSR count). The van der Waals surface area contributed by atoms with Crippen LogP contribution in [0.4, 0.5) is 11.5 Å². The van der Waals surface area contributed by atoms with Crippen molar-refractivity contribution in [1.29, 1.82) is 0 Å². The largest absolute Gasteiger partial charge is 0.312 e. The lowest BCUT2D eigenvalue weighted by Gasteiger charge is -2.16. The van der Waals surface area contributed by atoms with E-state index in [-0.39, 0.29) is 11.8 Å². The minimum absolute atomic E-state index is 0.114. The molecule has 0 atom stereocenters. The minimum atomic E-state index is -0.198. The number of carbonyl (C=O) groups is 2. The molecule has 0 unspecified atom stereocenters. The van der Waals surface area contributed by atoms with Gasteiger partial charge < -0.3 is 10.2 Å². The van der Waals surface area contributed by atoms with Gasteiger partial charge in [-0.1, -0.05) is 13.0 Å². The molecule has 1 saturated heterocycles.